The second-order valence-corrected chi connectivity index (χ2v) is 4.49. The van der Waals surface area contributed by atoms with Gasteiger partial charge in [-0.15, -0.1) is 0 Å². The van der Waals surface area contributed by atoms with Crippen molar-refractivity contribution in [3.63, 3.8) is 0 Å². The molecular weight excluding hydrogens is 186 g/mol. The van der Waals surface area contributed by atoms with E-state index in [1.807, 2.05) is 18.3 Å². The first-order valence-corrected chi connectivity index (χ1v) is 5.50. The number of nitrogens with two attached hydrogens (primary N) is 1. The predicted octanol–water partition coefficient (Wildman–Crippen LogP) is 2.18. The van der Waals surface area contributed by atoms with Crippen LogP contribution < -0.4 is 11.1 Å². The lowest BCUT2D eigenvalue weighted by atomic mass is 10.0. The van der Waals surface area contributed by atoms with Crippen LogP contribution in [0.2, 0.25) is 0 Å². The summed E-state index contributed by atoms with van der Waals surface area (Å²) in [6.07, 6.45) is 2.85. The van der Waals surface area contributed by atoms with Gasteiger partial charge in [0.2, 0.25) is 0 Å². The van der Waals surface area contributed by atoms with Crippen LogP contribution in [-0.2, 0) is 0 Å². The lowest BCUT2D eigenvalue weighted by Gasteiger charge is -2.15. The van der Waals surface area contributed by atoms with Gasteiger partial charge in [-0.1, -0.05) is 13.8 Å². The highest BCUT2D eigenvalue weighted by Gasteiger charge is 2.05. The van der Waals surface area contributed by atoms with Gasteiger partial charge in [0, 0.05) is 18.8 Å². The van der Waals surface area contributed by atoms with Crippen LogP contribution in [0, 0.1) is 12.8 Å². The predicted molar refractivity (Wildman–Crippen MR) is 64.9 cm³/mol. The quantitative estimate of drug-likeness (QED) is 0.778. The van der Waals surface area contributed by atoms with Crippen molar-refractivity contribution in [2.45, 2.75) is 33.2 Å². The number of aryl methyl sites for hydroxylation is 1. The topological polar surface area (TPSA) is 50.9 Å². The molecule has 0 radical (unpaired) electrons. The first kappa shape index (κ1) is 12.0. The molecule has 0 saturated carbocycles. The van der Waals surface area contributed by atoms with Gasteiger partial charge in [-0.2, -0.15) is 0 Å². The maximum atomic E-state index is 5.97. The molecule has 84 valence electrons. The van der Waals surface area contributed by atoms with E-state index in [2.05, 4.69) is 31.1 Å². The van der Waals surface area contributed by atoms with Crippen LogP contribution in [0.4, 0.5) is 5.82 Å². The monoisotopic (exact) mass is 207 g/mol. The lowest BCUT2D eigenvalue weighted by Crippen LogP contribution is -2.30. The second kappa shape index (κ2) is 5.71. The third-order valence-corrected chi connectivity index (χ3v) is 2.23. The van der Waals surface area contributed by atoms with Gasteiger partial charge in [0.05, 0.1) is 0 Å². The average molecular weight is 207 g/mol. The molecule has 15 heavy (non-hydrogen) atoms. The molecule has 3 heteroatoms. The first-order valence-electron chi connectivity index (χ1n) is 5.50. The second-order valence-electron chi connectivity index (χ2n) is 4.49. The number of rotatable bonds is 5. The fraction of sp³-hybridized carbons (Fsp3) is 0.583. The minimum Gasteiger partial charge on any atom is -0.369 e. The molecule has 0 aromatic carbocycles. The molecule has 1 heterocycles. The maximum absolute atomic E-state index is 5.97. The number of pyridine rings is 1. The molecule has 1 aromatic heterocycles. The van der Waals surface area contributed by atoms with Gasteiger partial charge >= 0.3 is 0 Å². The van der Waals surface area contributed by atoms with Crippen molar-refractivity contribution in [1.82, 2.24) is 4.98 Å². The van der Waals surface area contributed by atoms with Crippen LogP contribution in [0.25, 0.3) is 0 Å². The van der Waals surface area contributed by atoms with Gasteiger partial charge < -0.3 is 11.1 Å². The van der Waals surface area contributed by atoms with Gasteiger partial charge in [0.1, 0.15) is 5.82 Å². The molecule has 0 bridgehead atoms. The molecule has 1 atom stereocenters. The lowest BCUT2D eigenvalue weighted by molar-refractivity contribution is 0.508. The number of anilines is 1. The minimum absolute atomic E-state index is 0.201. The van der Waals surface area contributed by atoms with Gasteiger partial charge in [-0.3, -0.25) is 0 Å². The van der Waals surface area contributed by atoms with Gasteiger partial charge in [-0.05, 0) is 37.0 Å². The van der Waals surface area contributed by atoms with Gasteiger partial charge in [0.25, 0.3) is 0 Å². The van der Waals surface area contributed by atoms with Crippen molar-refractivity contribution >= 4 is 5.82 Å². The zero-order chi connectivity index (χ0) is 11.3. The highest BCUT2D eigenvalue weighted by atomic mass is 15.0. The van der Waals surface area contributed by atoms with E-state index in [4.69, 9.17) is 5.73 Å². The van der Waals surface area contributed by atoms with Crippen LogP contribution in [0.3, 0.4) is 0 Å². The summed E-state index contributed by atoms with van der Waals surface area (Å²) < 4.78 is 0. The highest BCUT2D eigenvalue weighted by Crippen LogP contribution is 2.07. The van der Waals surface area contributed by atoms with E-state index in [1.165, 1.54) is 5.56 Å². The highest BCUT2D eigenvalue weighted by molar-refractivity contribution is 5.36. The van der Waals surface area contributed by atoms with Crippen molar-refractivity contribution in [2.24, 2.45) is 11.7 Å². The van der Waals surface area contributed by atoms with Crippen molar-refractivity contribution < 1.29 is 0 Å². The third kappa shape index (κ3) is 4.79. The Bertz CT molecular complexity index is 297. The Morgan fingerprint density at radius 2 is 2.20 bits per heavy atom. The molecule has 0 spiro atoms. The standard InChI is InChI=1S/C12H21N3/c1-9(2)6-11(13)8-15-12-7-10(3)4-5-14-12/h4-5,7,9,11H,6,8,13H2,1-3H3,(H,14,15). The molecule has 1 aromatic rings. The summed E-state index contributed by atoms with van der Waals surface area (Å²) in [6.45, 7) is 7.21. The molecule has 1 unspecified atom stereocenters. The van der Waals surface area contributed by atoms with E-state index >= 15 is 0 Å². The van der Waals surface area contributed by atoms with Gasteiger partial charge in [0.15, 0.2) is 0 Å². The maximum Gasteiger partial charge on any atom is 0.126 e. The van der Waals surface area contributed by atoms with E-state index in [0.717, 1.165) is 18.8 Å². The number of hydrogen-bond acceptors (Lipinski definition) is 3. The molecular formula is C12H21N3. The summed E-state index contributed by atoms with van der Waals surface area (Å²) in [4.78, 5) is 4.22. The number of nitrogens with one attached hydrogen (secondary N) is 1. The van der Waals surface area contributed by atoms with Crippen molar-refractivity contribution in [1.29, 1.82) is 0 Å². The van der Waals surface area contributed by atoms with Crippen molar-refractivity contribution in [3.05, 3.63) is 23.9 Å². The Morgan fingerprint density at radius 1 is 1.47 bits per heavy atom. The third-order valence-electron chi connectivity index (χ3n) is 2.23. The van der Waals surface area contributed by atoms with Crippen molar-refractivity contribution in [3.8, 4) is 0 Å². The molecule has 3 N–H and O–H groups in total. The fourth-order valence-corrected chi connectivity index (χ4v) is 1.56. The summed E-state index contributed by atoms with van der Waals surface area (Å²) in [5.41, 5.74) is 7.18. The molecule has 1 rings (SSSR count). The number of aromatic nitrogens is 1. The van der Waals surface area contributed by atoms with Crippen molar-refractivity contribution in [2.75, 3.05) is 11.9 Å². The van der Waals surface area contributed by atoms with E-state index in [-0.39, 0.29) is 6.04 Å². The average Bonchev–Trinajstić information content (AvgIpc) is 2.14. The summed E-state index contributed by atoms with van der Waals surface area (Å²) in [7, 11) is 0. The fourth-order valence-electron chi connectivity index (χ4n) is 1.56. The Kier molecular flexibility index (Phi) is 4.56. The van der Waals surface area contributed by atoms with Crippen LogP contribution in [-0.4, -0.2) is 17.6 Å². The summed E-state index contributed by atoms with van der Waals surface area (Å²) in [5, 5.41) is 3.25. The van der Waals surface area contributed by atoms with Crippen LogP contribution >= 0.6 is 0 Å². The van der Waals surface area contributed by atoms with Crippen LogP contribution in [0.1, 0.15) is 25.8 Å². The SMILES string of the molecule is Cc1ccnc(NCC(N)CC(C)C)c1. The number of nitrogens with zero attached hydrogens (tertiary/aromatic N) is 1. The van der Waals surface area contributed by atoms with E-state index in [0.29, 0.717) is 5.92 Å². The van der Waals surface area contributed by atoms with E-state index in [1.54, 1.807) is 0 Å². The molecule has 0 aliphatic heterocycles. The molecule has 0 aliphatic carbocycles. The smallest absolute Gasteiger partial charge is 0.126 e. The van der Waals surface area contributed by atoms with Gasteiger partial charge in [-0.25, -0.2) is 4.98 Å². The molecule has 0 amide bonds. The Labute approximate surface area is 92.1 Å². The van der Waals surface area contributed by atoms with Crippen LogP contribution in [0.5, 0.6) is 0 Å². The Hall–Kier alpha value is -1.09. The Balaban J connectivity index is 2.36. The normalized spacial score (nSPS) is 12.9. The first-order chi connectivity index (χ1) is 7.08. The largest absolute Gasteiger partial charge is 0.369 e. The summed E-state index contributed by atoms with van der Waals surface area (Å²) in [6, 6.07) is 4.22. The summed E-state index contributed by atoms with van der Waals surface area (Å²) in [5.74, 6) is 1.56. The molecule has 0 aliphatic rings. The minimum atomic E-state index is 0.201. The molecule has 0 fully saturated rings. The number of hydrogen-bond donors (Lipinski definition) is 2. The zero-order valence-corrected chi connectivity index (χ0v) is 9.83. The van der Waals surface area contributed by atoms with Crippen LogP contribution in [0.15, 0.2) is 18.3 Å². The Morgan fingerprint density at radius 3 is 2.80 bits per heavy atom. The molecule has 0 saturated heterocycles. The van der Waals surface area contributed by atoms with E-state index < -0.39 is 0 Å². The summed E-state index contributed by atoms with van der Waals surface area (Å²) >= 11 is 0. The molecule has 3 nitrogen and oxygen atoms in total. The van der Waals surface area contributed by atoms with E-state index in [9.17, 15) is 0 Å². The zero-order valence-electron chi connectivity index (χ0n) is 9.83.